The van der Waals surface area contributed by atoms with E-state index in [1.54, 1.807) is 11.8 Å². The van der Waals surface area contributed by atoms with E-state index < -0.39 is 0 Å². The van der Waals surface area contributed by atoms with E-state index in [0.29, 0.717) is 12.6 Å². The van der Waals surface area contributed by atoms with E-state index in [4.69, 9.17) is 5.73 Å². The van der Waals surface area contributed by atoms with E-state index in [-0.39, 0.29) is 0 Å². The van der Waals surface area contributed by atoms with Crippen molar-refractivity contribution in [2.45, 2.75) is 36.3 Å². The molecule has 0 aliphatic heterocycles. The Morgan fingerprint density at radius 3 is 2.90 bits per heavy atom. The molecular weight excluding hydrogens is 284 g/mol. The number of aromatic nitrogens is 5. The number of fused-ring (bicyclic) bond motifs is 1. The quantitative estimate of drug-likeness (QED) is 0.706. The summed E-state index contributed by atoms with van der Waals surface area (Å²) in [6.07, 6.45) is 2.40. The maximum atomic E-state index is 5.74. The summed E-state index contributed by atoms with van der Waals surface area (Å²) in [6, 6.07) is 8.60. The van der Waals surface area contributed by atoms with Crippen molar-refractivity contribution in [3.05, 3.63) is 35.9 Å². The Morgan fingerprint density at radius 2 is 2.14 bits per heavy atom. The van der Waals surface area contributed by atoms with Crippen LogP contribution in [0.15, 0.2) is 29.4 Å². The molecule has 1 aromatic carbocycles. The fraction of sp³-hybridized carbons (Fsp3) is 0.357. The molecule has 0 unspecified atom stereocenters. The van der Waals surface area contributed by atoms with Crippen LogP contribution in [-0.4, -0.2) is 24.7 Å². The van der Waals surface area contributed by atoms with Crippen molar-refractivity contribution in [3.63, 3.8) is 0 Å². The second-order valence-corrected chi connectivity index (χ2v) is 6.14. The van der Waals surface area contributed by atoms with E-state index in [9.17, 15) is 0 Å². The first-order chi connectivity index (χ1) is 10.3. The lowest BCUT2D eigenvalue weighted by molar-refractivity contribution is 0.626. The number of nitrogens with zero attached hydrogens (tertiary/aromatic N) is 4. The zero-order valence-electron chi connectivity index (χ0n) is 11.5. The minimum Gasteiger partial charge on any atom is -0.341 e. The standard InChI is InChI=1S/C14H16N6S/c15-7-13-18-19-14(20(13)9-5-6-9)21-8-12-16-10-3-1-2-4-11(10)17-12/h1-4,9H,5-8,15H2,(H,16,17). The van der Waals surface area contributed by atoms with Gasteiger partial charge < -0.3 is 15.3 Å². The lowest BCUT2D eigenvalue weighted by Gasteiger charge is -2.06. The maximum absolute atomic E-state index is 5.74. The normalized spacial score (nSPS) is 14.9. The minimum absolute atomic E-state index is 0.439. The smallest absolute Gasteiger partial charge is 0.191 e. The third-order valence-corrected chi connectivity index (χ3v) is 4.56. The van der Waals surface area contributed by atoms with Gasteiger partial charge in [-0.2, -0.15) is 0 Å². The lowest BCUT2D eigenvalue weighted by Crippen LogP contribution is -2.08. The summed E-state index contributed by atoms with van der Waals surface area (Å²) in [5.74, 6) is 2.59. The highest BCUT2D eigenvalue weighted by Crippen LogP contribution is 2.39. The third kappa shape index (κ3) is 2.43. The van der Waals surface area contributed by atoms with Gasteiger partial charge in [-0.15, -0.1) is 10.2 Å². The number of nitrogens with one attached hydrogen (secondary N) is 1. The summed E-state index contributed by atoms with van der Waals surface area (Å²) >= 11 is 1.66. The first-order valence-electron chi connectivity index (χ1n) is 7.05. The van der Waals surface area contributed by atoms with Crippen molar-refractivity contribution in [1.82, 2.24) is 24.7 Å². The summed E-state index contributed by atoms with van der Waals surface area (Å²) in [5.41, 5.74) is 7.81. The molecule has 4 rings (SSSR count). The molecule has 2 aromatic heterocycles. The highest BCUT2D eigenvalue weighted by Gasteiger charge is 2.29. The molecule has 21 heavy (non-hydrogen) atoms. The summed E-state index contributed by atoms with van der Waals surface area (Å²) < 4.78 is 2.19. The van der Waals surface area contributed by atoms with Crippen LogP contribution < -0.4 is 5.73 Å². The number of benzene rings is 1. The van der Waals surface area contributed by atoms with Gasteiger partial charge in [0.15, 0.2) is 5.16 Å². The van der Waals surface area contributed by atoms with Crippen LogP contribution in [-0.2, 0) is 12.3 Å². The minimum atomic E-state index is 0.439. The van der Waals surface area contributed by atoms with Crippen molar-refractivity contribution in [3.8, 4) is 0 Å². The highest BCUT2D eigenvalue weighted by atomic mass is 32.2. The van der Waals surface area contributed by atoms with Crippen LogP contribution in [0.5, 0.6) is 0 Å². The molecule has 6 nitrogen and oxygen atoms in total. The maximum Gasteiger partial charge on any atom is 0.191 e. The van der Waals surface area contributed by atoms with Crippen LogP contribution in [0.25, 0.3) is 11.0 Å². The second kappa shape index (κ2) is 5.16. The Hall–Kier alpha value is -1.86. The second-order valence-electron chi connectivity index (χ2n) is 5.19. The largest absolute Gasteiger partial charge is 0.341 e. The molecule has 0 atom stereocenters. The molecule has 3 N–H and O–H groups in total. The average molecular weight is 300 g/mol. The molecule has 108 valence electrons. The van der Waals surface area contributed by atoms with Crippen LogP contribution >= 0.6 is 11.8 Å². The van der Waals surface area contributed by atoms with Crippen molar-refractivity contribution in [2.75, 3.05) is 0 Å². The molecule has 0 radical (unpaired) electrons. The van der Waals surface area contributed by atoms with Gasteiger partial charge in [-0.05, 0) is 25.0 Å². The van der Waals surface area contributed by atoms with Crippen LogP contribution in [0.2, 0.25) is 0 Å². The molecule has 1 aliphatic carbocycles. The van der Waals surface area contributed by atoms with Crippen molar-refractivity contribution >= 4 is 22.8 Å². The molecular formula is C14H16N6S. The Labute approximate surface area is 126 Å². The van der Waals surface area contributed by atoms with Gasteiger partial charge in [0.25, 0.3) is 0 Å². The van der Waals surface area contributed by atoms with Crippen molar-refractivity contribution < 1.29 is 0 Å². The molecule has 0 amide bonds. The first kappa shape index (κ1) is 12.8. The van der Waals surface area contributed by atoms with E-state index in [0.717, 1.165) is 33.6 Å². The SMILES string of the molecule is NCc1nnc(SCc2nc3ccccc3[nH]2)n1C1CC1. The number of nitrogens with two attached hydrogens (primary N) is 1. The van der Waals surface area contributed by atoms with Gasteiger partial charge in [0.2, 0.25) is 0 Å². The lowest BCUT2D eigenvalue weighted by atomic mass is 10.3. The first-order valence-corrected chi connectivity index (χ1v) is 8.04. The number of hydrogen-bond acceptors (Lipinski definition) is 5. The zero-order chi connectivity index (χ0) is 14.2. The van der Waals surface area contributed by atoms with Crippen LogP contribution in [0.4, 0.5) is 0 Å². The van der Waals surface area contributed by atoms with Crippen molar-refractivity contribution in [2.24, 2.45) is 5.73 Å². The Bertz CT molecular complexity index is 740. The summed E-state index contributed by atoms with van der Waals surface area (Å²) in [5, 5.41) is 9.40. The van der Waals surface area contributed by atoms with Gasteiger partial charge in [0, 0.05) is 6.04 Å². The fourth-order valence-corrected chi connectivity index (χ4v) is 3.35. The van der Waals surface area contributed by atoms with Gasteiger partial charge in [0.1, 0.15) is 11.6 Å². The summed E-state index contributed by atoms with van der Waals surface area (Å²) in [6.45, 7) is 0.439. The monoisotopic (exact) mass is 300 g/mol. The van der Waals surface area contributed by atoms with E-state index in [1.165, 1.54) is 12.8 Å². The molecule has 2 heterocycles. The molecule has 0 bridgehead atoms. The van der Waals surface area contributed by atoms with Gasteiger partial charge in [-0.1, -0.05) is 23.9 Å². The number of imidazole rings is 1. The summed E-state index contributed by atoms with van der Waals surface area (Å²) in [4.78, 5) is 7.92. The molecule has 0 saturated heterocycles. The number of H-pyrrole nitrogens is 1. The Morgan fingerprint density at radius 1 is 1.29 bits per heavy atom. The van der Waals surface area contributed by atoms with Crippen LogP contribution in [0, 0.1) is 0 Å². The zero-order valence-corrected chi connectivity index (χ0v) is 12.3. The Kier molecular flexibility index (Phi) is 3.16. The van der Waals surface area contributed by atoms with Gasteiger partial charge >= 0.3 is 0 Å². The third-order valence-electron chi connectivity index (χ3n) is 3.61. The predicted molar refractivity (Wildman–Crippen MR) is 81.8 cm³/mol. The number of para-hydroxylation sites is 2. The molecule has 3 aromatic rings. The Balaban J connectivity index is 1.55. The topological polar surface area (TPSA) is 85.4 Å². The van der Waals surface area contributed by atoms with Crippen LogP contribution in [0.3, 0.4) is 0 Å². The van der Waals surface area contributed by atoms with Gasteiger partial charge in [-0.25, -0.2) is 4.98 Å². The van der Waals surface area contributed by atoms with E-state index in [1.807, 2.05) is 24.3 Å². The molecule has 1 saturated carbocycles. The predicted octanol–water partition coefficient (Wildman–Crippen LogP) is 2.24. The van der Waals surface area contributed by atoms with Gasteiger partial charge in [0.05, 0.1) is 23.3 Å². The number of rotatable bonds is 5. The van der Waals surface area contributed by atoms with Crippen molar-refractivity contribution in [1.29, 1.82) is 0 Å². The fourth-order valence-electron chi connectivity index (χ4n) is 2.45. The number of hydrogen-bond donors (Lipinski definition) is 2. The van der Waals surface area contributed by atoms with Crippen LogP contribution in [0.1, 0.15) is 30.5 Å². The molecule has 7 heteroatoms. The average Bonchev–Trinajstić information content (AvgIpc) is 3.13. The number of thioether (sulfide) groups is 1. The van der Waals surface area contributed by atoms with E-state index in [2.05, 4.69) is 24.7 Å². The van der Waals surface area contributed by atoms with E-state index >= 15 is 0 Å². The molecule has 1 aliphatic rings. The highest BCUT2D eigenvalue weighted by molar-refractivity contribution is 7.98. The van der Waals surface area contributed by atoms with Gasteiger partial charge in [-0.3, -0.25) is 0 Å². The molecule has 1 fully saturated rings. The number of aromatic amines is 1. The molecule has 0 spiro atoms. The summed E-state index contributed by atoms with van der Waals surface area (Å²) in [7, 11) is 0.